The molecule has 0 saturated heterocycles. The van der Waals surface area contributed by atoms with Crippen LogP contribution in [0.25, 0.3) is 0 Å². The molecule has 0 saturated carbocycles. The van der Waals surface area contributed by atoms with Gasteiger partial charge in [-0.25, -0.2) is 13.1 Å². The number of likely N-dealkylation sites (N-methyl/N-ethyl adjacent to an activating group) is 1. The number of anilines is 1. The number of sulfonamides is 1. The fraction of sp³-hybridized carbons (Fsp3) is 0.500. The highest BCUT2D eigenvalue weighted by atomic mass is 79.9. The van der Waals surface area contributed by atoms with Crippen LogP contribution in [0.15, 0.2) is 26.0 Å². The molecule has 1 rings (SSSR count). The van der Waals surface area contributed by atoms with Crippen molar-refractivity contribution < 1.29 is 13.2 Å². The molecule has 0 aliphatic rings. The van der Waals surface area contributed by atoms with Crippen molar-refractivity contribution in [3.05, 3.63) is 21.1 Å². The van der Waals surface area contributed by atoms with E-state index in [1.807, 2.05) is 19.0 Å². The predicted octanol–water partition coefficient (Wildman–Crippen LogP) is 1.65. The number of hydrogen-bond acceptors (Lipinski definition) is 5. The second kappa shape index (κ2) is 8.44. The number of nitrogen functional groups attached to an aromatic ring is 1. The Bertz CT molecular complexity index is 556. The van der Waals surface area contributed by atoms with Gasteiger partial charge in [0.15, 0.2) is 0 Å². The van der Waals surface area contributed by atoms with Crippen molar-refractivity contribution in [3.63, 3.8) is 0 Å². The van der Waals surface area contributed by atoms with Crippen molar-refractivity contribution >= 4 is 47.6 Å². The molecule has 0 fully saturated rings. The van der Waals surface area contributed by atoms with Crippen LogP contribution >= 0.6 is 31.9 Å². The van der Waals surface area contributed by atoms with Crippen LogP contribution in [-0.2, 0) is 14.8 Å². The summed E-state index contributed by atoms with van der Waals surface area (Å²) >= 11 is 6.44. The molecular formula is C12H19Br2N3O3S. The highest BCUT2D eigenvalue weighted by Gasteiger charge is 2.21. The predicted molar refractivity (Wildman–Crippen MR) is 90.8 cm³/mol. The molecule has 120 valence electrons. The molecule has 0 aliphatic heterocycles. The summed E-state index contributed by atoms with van der Waals surface area (Å²) in [6, 6.07) is 3.10. The first-order valence-electron chi connectivity index (χ1n) is 6.20. The van der Waals surface area contributed by atoms with E-state index in [1.54, 1.807) is 12.1 Å². The Kier molecular flexibility index (Phi) is 7.58. The quantitative estimate of drug-likeness (QED) is 0.470. The number of rotatable bonds is 8. The molecule has 0 unspecified atom stereocenters. The van der Waals surface area contributed by atoms with E-state index in [-0.39, 0.29) is 11.4 Å². The van der Waals surface area contributed by atoms with Crippen LogP contribution in [0.1, 0.15) is 0 Å². The zero-order chi connectivity index (χ0) is 16.0. The molecule has 1 aromatic carbocycles. The number of nitrogens with zero attached hydrogens (tertiary/aromatic N) is 1. The van der Waals surface area contributed by atoms with Gasteiger partial charge >= 0.3 is 0 Å². The van der Waals surface area contributed by atoms with Gasteiger partial charge in [-0.1, -0.05) is 0 Å². The summed E-state index contributed by atoms with van der Waals surface area (Å²) in [6.45, 7) is 1.88. The van der Waals surface area contributed by atoms with Gasteiger partial charge in [-0.05, 0) is 58.1 Å². The highest BCUT2D eigenvalue weighted by molar-refractivity contribution is 9.11. The van der Waals surface area contributed by atoms with Crippen LogP contribution in [0, 0.1) is 0 Å². The first-order chi connectivity index (χ1) is 9.74. The van der Waals surface area contributed by atoms with Crippen LogP contribution in [0.5, 0.6) is 0 Å². The molecule has 1 aromatic rings. The molecule has 6 nitrogen and oxygen atoms in total. The summed E-state index contributed by atoms with van der Waals surface area (Å²) in [5.74, 6) is 0. The number of benzene rings is 1. The van der Waals surface area contributed by atoms with E-state index >= 15 is 0 Å². The normalized spacial score (nSPS) is 12.0. The lowest BCUT2D eigenvalue weighted by atomic mass is 10.3. The molecule has 21 heavy (non-hydrogen) atoms. The summed E-state index contributed by atoms with van der Waals surface area (Å²) in [4.78, 5) is 2.12. The topological polar surface area (TPSA) is 84.7 Å². The Morgan fingerprint density at radius 2 is 1.81 bits per heavy atom. The van der Waals surface area contributed by atoms with Crippen molar-refractivity contribution in [1.29, 1.82) is 0 Å². The van der Waals surface area contributed by atoms with E-state index in [0.29, 0.717) is 27.8 Å². The van der Waals surface area contributed by atoms with E-state index in [2.05, 4.69) is 36.6 Å². The molecule has 0 bridgehead atoms. The van der Waals surface area contributed by atoms with Crippen molar-refractivity contribution in [2.45, 2.75) is 4.90 Å². The van der Waals surface area contributed by atoms with Crippen molar-refractivity contribution in [2.75, 3.05) is 46.1 Å². The van der Waals surface area contributed by atoms with Gasteiger partial charge in [-0.15, -0.1) is 0 Å². The fourth-order valence-electron chi connectivity index (χ4n) is 1.51. The Morgan fingerprint density at radius 1 is 1.24 bits per heavy atom. The minimum absolute atomic E-state index is 0.130. The maximum atomic E-state index is 12.3. The van der Waals surface area contributed by atoms with Crippen LogP contribution in [0.3, 0.4) is 0 Å². The molecular weight excluding hydrogens is 426 g/mol. The second-order valence-electron chi connectivity index (χ2n) is 4.63. The minimum Gasteiger partial charge on any atom is -0.399 e. The standard InChI is InChI=1S/C12H19Br2N3O3S/c1-17(2)4-6-20-5-3-16-21(18,19)12-10(13)7-9(15)8-11(12)14/h7-8,16H,3-6,15H2,1-2H3. The largest absolute Gasteiger partial charge is 0.399 e. The lowest BCUT2D eigenvalue weighted by Crippen LogP contribution is -2.29. The molecule has 0 aromatic heterocycles. The first kappa shape index (κ1) is 18.9. The van der Waals surface area contributed by atoms with E-state index in [9.17, 15) is 8.42 Å². The van der Waals surface area contributed by atoms with Gasteiger partial charge in [-0.3, -0.25) is 0 Å². The van der Waals surface area contributed by atoms with Gasteiger partial charge in [-0.2, -0.15) is 0 Å². The van der Waals surface area contributed by atoms with Gasteiger partial charge in [0.05, 0.1) is 13.2 Å². The Hall–Kier alpha value is -0.190. The lowest BCUT2D eigenvalue weighted by molar-refractivity contribution is 0.122. The maximum Gasteiger partial charge on any atom is 0.242 e. The third-order valence-electron chi connectivity index (χ3n) is 2.51. The smallest absolute Gasteiger partial charge is 0.242 e. The number of nitrogens with one attached hydrogen (secondary N) is 1. The second-order valence-corrected chi connectivity index (χ2v) is 8.04. The summed E-state index contributed by atoms with van der Waals surface area (Å²) in [7, 11) is 0.262. The number of halogens is 2. The number of ether oxygens (including phenoxy) is 1. The fourth-order valence-corrected chi connectivity index (χ4v) is 5.13. The number of nitrogens with two attached hydrogens (primary N) is 1. The zero-order valence-electron chi connectivity index (χ0n) is 11.9. The molecule has 0 aliphatic carbocycles. The van der Waals surface area contributed by atoms with Crippen molar-refractivity contribution in [2.24, 2.45) is 0 Å². The monoisotopic (exact) mass is 443 g/mol. The molecule has 0 spiro atoms. The van der Waals surface area contributed by atoms with Crippen LogP contribution in [-0.4, -0.2) is 53.7 Å². The average Bonchev–Trinajstić information content (AvgIpc) is 2.31. The van der Waals surface area contributed by atoms with E-state index < -0.39 is 10.0 Å². The van der Waals surface area contributed by atoms with E-state index in [0.717, 1.165) is 6.54 Å². The molecule has 0 atom stereocenters. The van der Waals surface area contributed by atoms with Crippen molar-refractivity contribution in [1.82, 2.24) is 9.62 Å². The average molecular weight is 445 g/mol. The summed E-state index contributed by atoms with van der Waals surface area (Å²) in [5.41, 5.74) is 6.12. The lowest BCUT2D eigenvalue weighted by Gasteiger charge is -2.12. The molecule has 3 N–H and O–H groups in total. The van der Waals surface area contributed by atoms with E-state index in [1.165, 1.54) is 0 Å². The van der Waals surface area contributed by atoms with Gasteiger partial charge < -0.3 is 15.4 Å². The zero-order valence-corrected chi connectivity index (χ0v) is 15.9. The van der Waals surface area contributed by atoms with E-state index in [4.69, 9.17) is 10.5 Å². The third-order valence-corrected chi connectivity index (χ3v) is 5.85. The first-order valence-corrected chi connectivity index (χ1v) is 9.27. The summed E-state index contributed by atoms with van der Waals surface area (Å²) in [6.07, 6.45) is 0. The summed E-state index contributed by atoms with van der Waals surface area (Å²) in [5, 5.41) is 0. The van der Waals surface area contributed by atoms with Crippen LogP contribution in [0.4, 0.5) is 5.69 Å². The minimum atomic E-state index is -3.63. The number of hydrogen-bond donors (Lipinski definition) is 2. The van der Waals surface area contributed by atoms with Crippen LogP contribution < -0.4 is 10.5 Å². The Labute approximate surface area is 142 Å². The Morgan fingerprint density at radius 3 is 2.33 bits per heavy atom. The van der Waals surface area contributed by atoms with Gasteiger partial charge in [0.2, 0.25) is 10.0 Å². The molecule has 0 amide bonds. The van der Waals surface area contributed by atoms with Crippen LogP contribution in [0.2, 0.25) is 0 Å². The van der Waals surface area contributed by atoms with Gasteiger partial charge in [0.1, 0.15) is 4.90 Å². The summed E-state index contributed by atoms with van der Waals surface area (Å²) < 4.78 is 33.2. The SMILES string of the molecule is CN(C)CCOCCNS(=O)(=O)c1c(Br)cc(N)cc1Br. The maximum absolute atomic E-state index is 12.3. The van der Waals surface area contributed by atoms with Crippen molar-refractivity contribution in [3.8, 4) is 0 Å². The molecule has 9 heteroatoms. The van der Waals surface area contributed by atoms with Gasteiger partial charge in [0.25, 0.3) is 0 Å². The third kappa shape index (κ3) is 6.21. The van der Waals surface area contributed by atoms with Gasteiger partial charge in [0, 0.05) is 27.7 Å². The molecule has 0 radical (unpaired) electrons. The Balaban J connectivity index is 2.59. The highest BCUT2D eigenvalue weighted by Crippen LogP contribution is 2.32. The molecule has 0 heterocycles.